The Morgan fingerprint density at radius 3 is 2.17 bits per heavy atom. The second kappa shape index (κ2) is 21.0. The minimum atomic E-state index is -0.560. The minimum Gasteiger partial charge on any atom is -0.469 e. The Bertz CT molecular complexity index is 556. The summed E-state index contributed by atoms with van der Waals surface area (Å²) < 4.78 is 24.3. The second-order valence-electron chi connectivity index (χ2n) is 9.84. The number of unbranched alkanes of at least 4 members (excludes halogenated alkanes) is 4. The van der Waals surface area contributed by atoms with E-state index in [1.165, 1.54) is 39.5 Å². The van der Waals surface area contributed by atoms with Crippen LogP contribution in [0.4, 0.5) is 0 Å². The average Bonchev–Trinajstić information content (AvgIpc) is 3.25. The molecular weight excluding hydrogens is 464 g/mol. The summed E-state index contributed by atoms with van der Waals surface area (Å²) >= 11 is 0. The van der Waals surface area contributed by atoms with Gasteiger partial charge >= 0.3 is 0 Å². The van der Waals surface area contributed by atoms with Gasteiger partial charge in [-0.05, 0) is 71.3 Å². The molecule has 0 aromatic rings. The van der Waals surface area contributed by atoms with Crippen LogP contribution in [0.15, 0.2) is 11.8 Å². The molecule has 0 aromatic heterocycles. The fourth-order valence-electron chi connectivity index (χ4n) is 4.49. The molecule has 3 fully saturated rings. The van der Waals surface area contributed by atoms with Gasteiger partial charge in [0, 0.05) is 25.4 Å². The molecule has 3 rings (SSSR count). The van der Waals surface area contributed by atoms with Crippen LogP contribution < -0.4 is 0 Å². The van der Waals surface area contributed by atoms with Crippen molar-refractivity contribution in [3.63, 3.8) is 0 Å². The summed E-state index contributed by atoms with van der Waals surface area (Å²) in [7, 11) is 0. The zero-order valence-electron chi connectivity index (χ0n) is 22.8. The molecule has 36 heavy (non-hydrogen) atoms. The van der Waals surface area contributed by atoms with E-state index in [0.29, 0.717) is 12.8 Å². The molecule has 3 unspecified atom stereocenters. The van der Waals surface area contributed by atoms with Crippen LogP contribution in [0.5, 0.6) is 0 Å². The first-order valence-corrected chi connectivity index (χ1v) is 14.1. The van der Waals surface area contributed by atoms with Gasteiger partial charge in [-0.1, -0.05) is 26.2 Å². The molecule has 3 N–H and O–H groups in total. The zero-order chi connectivity index (χ0) is 26.6. The van der Waals surface area contributed by atoms with Crippen LogP contribution in [0.25, 0.3) is 0 Å². The lowest BCUT2D eigenvalue weighted by molar-refractivity contribution is -0.199. The Labute approximate surface area is 218 Å². The van der Waals surface area contributed by atoms with Crippen LogP contribution in [0.3, 0.4) is 0 Å². The summed E-state index contributed by atoms with van der Waals surface area (Å²) in [5.41, 5.74) is 0. The topological polar surface area (TPSA) is 115 Å². The Kier molecular flexibility index (Phi) is 19.2. The standard InChI is InChI=1S/C23H40O5.C3H8O2.C2H4O/c1-2-3-4-5-6-11-20(27-22-12-7-9-14-25-22)19-16-18(24)17-21(19)28-23-13-8-10-15-26-23;1-3(5)2-4;1-2-3/h11,18-19,21-24H,2-10,12-17H2,1H3;3-5H,2H2,1H3;2H,1H3/b20-11+;;/t18-,19+,21-,22?,23?;;/m1../s1. The van der Waals surface area contributed by atoms with Crippen molar-refractivity contribution in [2.45, 2.75) is 135 Å². The van der Waals surface area contributed by atoms with Gasteiger partial charge in [-0.2, -0.15) is 0 Å². The summed E-state index contributed by atoms with van der Waals surface area (Å²) in [6, 6.07) is 0. The van der Waals surface area contributed by atoms with Crippen LogP contribution >= 0.6 is 0 Å². The number of hydrogen-bond acceptors (Lipinski definition) is 8. The fraction of sp³-hybridized carbons (Fsp3) is 0.893. The molecule has 2 saturated heterocycles. The number of aliphatic hydroxyl groups excluding tert-OH is 3. The van der Waals surface area contributed by atoms with Gasteiger partial charge in [-0.3, -0.25) is 0 Å². The van der Waals surface area contributed by atoms with Gasteiger partial charge in [0.2, 0.25) is 0 Å². The Hall–Kier alpha value is -1.03. The van der Waals surface area contributed by atoms with Crippen molar-refractivity contribution in [1.82, 2.24) is 0 Å². The SMILES string of the molecule is CC(O)CO.CC=O.CCCCCC/C=C(/OC1CCCCO1)[C@@H]1C[C@@H](O)C[C@H]1OC1CCCCO1. The smallest absolute Gasteiger partial charge is 0.199 e. The maximum absolute atomic E-state index is 10.4. The number of rotatable bonds is 11. The van der Waals surface area contributed by atoms with Crippen molar-refractivity contribution in [3.8, 4) is 0 Å². The highest BCUT2D eigenvalue weighted by molar-refractivity contribution is 5.44. The highest BCUT2D eigenvalue weighted by atomic mass is 16.7. The van der Waals surface area contributed by atoms with Gasteiger partial charge in [0.15, 0.2) is 12.6 Å². The molecule has 1 aliphatic carbocycles. The van der Waals surface area contributed by atoms with E-state index >= 15 is 0 Å². The summed E-state index contributed by atoms with van der Waals surface area (Å²) in [5.74, 6) is 1.07. The van der Waals surface area contributed by atoms with E-state index in [-0.39, 0.29) is 37.3 Å². The first kappa shape index (κ1) is 33.0. The summed E-state index contributed by atoms with van der Waals surface area (Å²) in [6.45, 7) is 6.62. The van der Waals surface area contributed by atoms with E-state index in [1.54, 1.807) is 0 Å². The number of hydrogen-bond donors (Lipinski definition) is 3. The lowest BCUT2D eigenvalue weighted by Gasteiger charge is -2.32. The van der Waals surface area contributed by atoms with Crippen LogP contribution in [0.1, 0.15) is 104 Å². The highest BCUT2D eigenvalue weighted by Crippen LogP contribution is 2.38. The Balaban J connectivity index is 0.000000709. The third-order valence-corrected chi connectivity index (χ3v) is 6.38. The summed E-state index contributed by atoms with van der Waals surface area (Å²) in [5, 5.41) is 26.4. The largest absolute Gasteiger partial charge is 0.469 e. The highest BCUT2D eigenvalue weighted by Gasteiger charge is 2.40. The molecule has 6 atom stereocenters. The minimum absolute atomic E-state index is 0.0383. The third-order valence-electron chi connectivity index (χ3n) is 6.38. The quantitative estimate of drug-likeness (QED) is 0.207. The summed E-state index contributed by atoms with van der Waals surface area (Å²) in [6.07, 6.45) is 15.5. The monoisotopic (exact) mass is 516 g/mol. The molecule has 3 aliphatic rings. The van der Waals surface area contributed by atoms with Gasteiger partial charge in [-0.15, -0.1) is 0 Å². The average molecular weight is 517 g/mol. The maximum atomic E-state index is 10.4. The number of ether oxygens (including phenoxy) is 4. The van der Waals surface area contributed by atoms with E-state index in [1.807, 2.05) is 0 Å². The first-order chi connectivity index (χ1) is 17.4. The van der Waals surface area contributed by atoms with E-state index < -0.39 is 6.10 Å². The molecular formula is C28H52O8. The van der Waals surface area contributed by atoms with Crippen LogP contribution in [-0.2, 0) is 23.7 Å². The fourth-order valence-corrected chi connectivity index (χ4v) is 4.49. The second-order valence-corrected chi connectivity index (χ2v) is 9.84. The van der Waals surface area contributed by atoms with Crippen molar-refractivity contribution in [2.75, 3.05) is 19.8 Å². The van der Waals surface area contributed by atoms with Gasteiger partial charge in [-0.25, -0.2) is 0 Å². The van der Waals surface area contributed by atoms with Gasteiger partial charge in [0.05, 0.1) is 31.5 Å². The predicted octanol–water partition coefficient (Wildman–Crippen LogP) is 4.63. The van der Waals surface area contributed by atoms with E-state index in [4.69, 9.17) is 34.0 Å². The number of carbonyl (C=O) groups is 1. The lowest BCUT2D eigenvalue weighted by atomic mass is 10.0. The molecule has 2 heterocycles. The van der Waals surface area contributed by atoms with Crippen molar-refractivity contribution in [1.29, 1.82) is 0 Å². The molecule has 8 nitrogen and oxygen atoms in total. The number of aliphatic hydroxyl groups is 3. The van der Waals surface area contributed by atoms with Crippen molar-refractivity contribution in [3.05, 3.63) is 11.8 Å². The number of carbonyl (C=O) groups excluding carboxylic acids is 1. The third kappa shape index (κ3) is 14.6. The van der Waals surface area contributed by atoms with Gasteiger partial charge < -0.3 is 39.1 Å². The molecule has 0 spiro atoms. The van der Waals surface area contributed by atoms with Crippen LogP contribution in [0.2, 0.25) is 0 Å². The van der Waals surface area contributed by atoms with Crippen molar-refractivity contribution < 1.29 is 39.1 Å². The Morgan fingerprint density at radius 1 is 1.03 bits per heavy atom. The van der Waals surface area contributed by atoms with E-state index in [2.05, 4.69) is 13.0 Å². The predicted molar refractivity (Wildman–Crippen MR) is 139 cm³/mol. The van der Waals surface area contributed by atoms with Crippen molar-refractivity contribution >= 4 is 6.29 Å². The first-order valence-electron chi connectivity index (χ1n) is 14.1. The number of allylic oxidation sites excluding steroid dienone is 1. The molecule has 0 amide bonds. The van der Waals surface area contributed by atoms with Gasteiger partial charge in [0.1, 0.15) is 12.0 Å². The van der Waals surface area contributed by atoms with Crippen LogP contribution in [0, 0.1) is 5.92 Å². The van der Waals surface area contributed by atoms with E-state index in [9.17, 15) is 5.11 Å². The molecule has 0 radical (unpaired) electrons. The molecule has 2 aliphatic heterocycles. The molecule has 8 heteroatoms. The normalized spacial score (nSPS) is 29.3. The Morgan fingerprint density at radius 2 is 1.64 bits per heavy atom. The molecule has 212 valence electrons. The van der Waals surface area contributed by atoms with Crippen molar-refractivity contribution in [2.24, 2.45) is 5.92 Å². The molecule has 0 aromatic carbocycles. The summed E-state index contributed by atoms with van der Waals surface area (Å²) in [4.78, 5) is 8.81. The van der Waals surface area contributed by atoms with Crippen LogP contribution in [-0.4, -0.2) is 72.3 Å². The van der Waals surface area contributed by atoms with E-state index in [0.717, 1.165) is 70.2 Å². The number of aldehydes is 1. The maximum Gasteiger partial charge on any atom is 0.199 e. The lowest BCUT2D eigenvalue weighted by Crippen LogP contribution is -2.32. The molecule has 0 bridgehead atoms. The zero-order valence-corrected chi connectivity index (χ0v) is 22.8. The van der Waals surface area contributed by atoms with Gasteiger partial charge in [0.25, 0.3) is 0 Å². The molecule has 1 saturated carbocycles.